The SMILES string of the molecule is CCOC(=O)CC1(NC(=O)N2CCc3c(sc4nc(-c5ccc(F)cc5)nn34)C2)CCCCC1. The van der Waals surface area contributed by atoms with E-state index in [1.165, 1.54) is 23.5 Å². The average molecular weight is 486 g/mol. The molecule has 34 heavy (non-hydrogen) atoms. The molecule has 3 aromatic rings. The van der Waals surface area contributed by atoms with Gasteiger partial charge in [-0.2, -0.15) is 4.98 Å². The van der Waals surface area contributed by atoms with Crippen molar-refractivity contribution in [1.29, 1.82) is 0 Å². The second-order valence-corrected chi connectivity index (χ2v) is 10.1. The van der Waals surface area contributed by atoms with Gasteiger partial charge in [0, 0.05) is 23.4 Å². The van der Waals surface area contributed by atoms with E-state index in [1.54, 1.807) is 24.0 Å². The fourth-order valence-corrected chi connectivity index (χ4v) is 6.07. The Labute approximate surface area is 201 Å². The molecule has 1 saturated carbocycles. The summed E-state index contributed by atoms with van der Waals surface area (Å²) in [7, 11) is 0. The van der Waals surface area contributed by atoms with E-state index in [-0.39, 0.29) is 24.2 Å². The van der Waals surface area contributed by atoms with Crippen LogP contribution in [-0.4, -0.2) is 50.2 Å². The molecule has 8 nitrogen and oxygen atoms in total. The summed E-state index contributed by atoms with van der Waals surface area (Å²) in [5, 5.41) is 7.84. The summed E-state index contributed by atoms with van der Waals surface area (Å²) < 4.78 is 20.3. The minimum absolute atomic E-state index is 0.136. The zero-order valence-electron chi connectivity index (χ0n) is 19.2. The van der Waals surface area contributed by atoms with Gasteiger partial charge in [0.25, 0.3) is 0 Å². The Morgan fingerprint density at radius 2 is 1.97 bits per heavy atom. The summed E-state index contributed by atoms with van der Waals surface area (Å²) in [4.78, 5) is 33.7. The lowest BCUT2D eigenvalue weighted by molar-refractivity contribution is -0.145. The number of urea groups is 1. The summed E-state index contributed by atoms with van der Waals surface area (Å²) in [5.74, 6) is 0.0124. The number of thiazole rings is 1. The highest BCUT2D eigenvalue weighted by atomic mass is 32.1. The smallest absolute Gasteiger partial charge is 0.318 e. The number of amides is 2. The monoisotopic (exact) mass is 485 g/mol. The molecular formula is C24H28FN5O3S. The molecule has 3 heterocycles. The lowest BCUT2D eigenvalue weighted by Crippen LogP contribution is -2.55. The number of hydrogen-bond donors (Lipinski definition) is 1. The van der Waals surface area contributed by atoms with Crippen molar-refractivity contribution >= 4 is 28.3 Å². The topological polar surface area (TPSA) is 88.8 Å². The van der Waals surface area contributed by atoms with E-state index < -0.39 is 5.54 Å². The summed E-state index contributed by atoms with van der Waals surface area (Å²) in [5.41, 5.74) is 1.29. The first-order chi connectivity index (χ1) is 16.5. The third-order valence-corrected chi connectivity index (χ3v) is 7.74. The number of halogens is 1. The predicted molar refractivity (Wildman–Crippen MR) is 126 cm³/mol. The number of fused-ring (bicyclic) bond motifs is 3. The van der Waals surface area contributed by atoms with E-state index >= 15 is 0 Å². The summed E-state index contributed by atoms with van der Waals surface area (Å²) in [6.45, 7) is 3.18. The molecule has 2 amide bonds. The van der Waals surface area contributed by atoms with Crippen LogP contribution in [0.25, 0.3) is 16.3 Å². The average Bonchev–Trinajstić information content (AvgIpc) is 3.37. The van der Waals surface area contributed by atoms with Gasteiger partial charge in [0.1, 0.15) is 5.82 Å². The van der Waals surface area contributed by atoms with Gasteiger partial charge >= 0.3 is 12.0 Å². The highest BCUT2D eigenvalue weighted by Gasteiger charge is 2.38. The van der Waals surface area contributed by atoms with Crippen LogP contribution >= 0.6 is 11.3 Å². The van der Waals surface area contributed by atoms with E-state index in [0.717, 1.165) is 53.2 Å². The van der Waals surface area contributed by atoms with E-state index in [0.29, 0.717) is 31.9 Å². The summed E-state index contributed by atoms with van der Waals surface area (Å²) in [6.07, 6.45) is 5.57. The molecule has 10 heteroatoms. The number of hydrogen-bond acceptors (Lipinski definition) is 6. The Morgan fingerprint density at radius 1 is 1.21 bits per heavy atom. The molecule has 1 aromatic carbocycles. The second-order valence-electron chi connectivity index (χ2n) is 9.03. The lowest BCUT2D eigenvalue weighted by Gasteiger charge is -2.39. The number of nitrogens with zero attached hydrogens (tertiary/aromatic N) is 4. The van der Waals surface area contributed by atoms with Crippen molar-refractivity contribution in [3.05, 3.63) is 40.7 Å². The molecule has 5 rings (SSSR count). The standard InChI is InChI=1S/C24H28FN5O3S/c1-2-33-20(31)14-24(11-4-3-5-12-24)27-22(32)29-13-10-18-19(15-29)34-23-26-21(28-30(18)23)16-6-8-17(25)9-7-16/h6-9H,2-5,10-15H2,1H3,(H,27,32). The van der Waals surface area contributed by atoms with Gasteiger partial charge in [0.05, 0.1) is 30.8 Å². The number of ether oxygens (including phenoxy) is 1. The maximum absolute atomic E-state index is 13.2. The van der Waals surface area contributed by atoms with E-state index in [4.69, 9.17) is 4.74 Å². The third kappa shape index (κ3) is 4.51. The number of benzene rings is 1. The van der Waals surface area contributed by atoms with Crippen molar-refractivity contribution < 1.29 is 18.7 Å². The molecule has 2 aromatic heterocycles. The first-order valence-corrected chi connectivity index (χ1v) is 12.6. The Morgan fingerprint density at radius 3 is 2.71 bits per heavy atom. The zero-order valence-corrected chi connectivity index (χ0v) is 20.0. The first-order valence-electron chi connectivity index (χ1n) is 11.8. The molecule has 2 aliphatic rings. The maximum Gasteiger partial charge on any atom is 0.318 e. The van der Waals surface area contributed by atoms with Crippen molar-refractivity contribution in [1.82, 2.24) is 24.8 Å². The number of nitrogens with one attached hydrogen (secondary N) is 1. The fraction of sp³-hybridized carbons (Fsp3) is 0.500. The van der Waals surface area contributed by atoms with Gasteiger partial charge in [0.15, 0.2) is 5.82 Å². The van der Waals surface area contributed by atoms with Gasteiger partial charge in [-0.05, 0) is 44.0 Å². The van der Waals surface area contributed by atoms with Crippen molar-refractivity contribution in [3.8, 4) is 11.4 Å². The van der Waals surface area contributed by atoms with Crippen LogP contribution in [0.2, 0.25) is 0 Å². The summed E-state index contributed by atoms with van der Waals surface area (Å²) in [6, 6.07) is 6.01. The number of rotatable bonds is 5. The van der Waals surface area contributed by atoms with Gasteiger partial charge < -0.3 is 15.0 Å². The van der Waals surface area contributed by atoms with E-state index in [9.17, 15) is 14.0 Å². The van der Waals surface area contributed by atoms with Gasteiger partial charge in [-0.3, -0.25) is 4.79 Å². The van der Waals surface area contributed by atoms with Crippen molar-refractivity contribution in [3.63, 3.8) is 0 Å². The van der Waals surface area contributed by atoms with Crippen molar-refractivity contribution in [2.45, 2.75) is 64.0 Å². The van der Waals surface area contributed by atoms with Crippen molar-refractivity contribution in [2.24, 2.45) is 0 Å². The molecule has 0 spiro atoms. The van der Waals surface area contributed by atoms with Crippen molar-refractivity contribution in [2.75, 3.05) is 13.2 Å². The minimum Gasteiger partial charge on any atom is -0.466 e. The van der Waals surface area contributed by atoms with Gasteiger partial charge in [0.2, 0.25) is 4.96 Å². The number of aromatic nitrogens is 3. The van der Waals surface area contributed by atoms with Crippen LogP contribution in [0.3, 0.4) is 0 Å². The van der Waals surface area contributed by atoms with E-state index in [1.807, 2.05) is 4.52 Å². The molecule has 0 unspecified atom stereocenters. The van der Waals surface area contributed by atoms with Crippen LogP contribution in [0.5, 0.6) is 0 Å². The molecule has 180 valence electrons. The first kappa shape index (κ1) is 22.8. The largest absolute Gasteiger partial charge is 0.466 e. The Kier molecular flexibility index (Phi) is 6.24. The Bertz CT molecular complexity index is 1200. The molecule has 0 atom stereocenters. The van der Waals surface area contributed by atoms with Gasteiger partial charge in [-0.1, -0.05) is 30.6 Å². The van der Waals surface area contributed by atoms with Crippen LogP contribution in [0.1, 0.15) is 56.0 Å². The molecule has 1 aliphatic heterocycles. The van der Waals surface area contributed by atoms with Gasteiger partial charge in [-0.15, -0.1) is 5.10 Å². The quantitative estimate of drug-likeness (QED) is 0.544. The number of esters is 1. The molecule has 1 N–H and O–H groups in total. The molecule has 0 bridgehead atoms. The molecular weight excluding hydrogens is 457 g/mol. The van der Waals surface area contributed by atoms with Gasteiger partial charge in [-0.25, -0.2) is 13.7 Å². The molecule has 1 aliphatic carbocycles. The zero-order chi connectivity index (χ0) is 23.7. The highest BCUT2D eigenvalue weighted by Crippen LogP contribution is 2.33. The van der Waals surface area contributed by atoms with Crippen LogP contribution in [0, 0.1) is 5.82 Å². The van der Waals surface area contributed by atoms with Crippen LogP contribution in [0.15, 0.2) is 24.3 Å². The number of carbonyl (C=O) groups is 2. The predicted octanol–water partition coefficient (Wildman–Crippen LogP) is 4.32. The Hall–Kier alpha value is -3.01. The maximum atomic E-state index is 13.2. The third-order valence-electron chi connectivity index (χ3n) is 6.68. The van der Waals surface area contributed by atoms with Crippen LogP contribution < -0.4 is 5.32 Å². The molecule has 1 fully saturated rings. The second kappa shape index (κ2) is 9.32. The summed E-state index contributed by atoms with van der Waals surface area (Å²) >= 11 is 1.52. The number of carbonyl (C=O) groups excluding carboxylic acids is 2. The molecule has 0 saturated heterocycles. The fourth-order valence-electron chi connectivity index (χ4n) is 4.95. The molecule has 0 radical (unpaired) electrons. The minimum atomic E-state index is -0.530. The normalized spacial score (nSPS) is 17.4. The lowest BCUT2D eigenvalue weighted by atomic mass is 9.79. The van der Waals surface area contributed by atoms with E-state index in [2.05, 4.69) is 15.4 Å². The Balaban J connectivity index is 1.30. The van der Waals surface area contributed by atoms with Crippen LogP contribution in [-0.2, 0) is 22.5 Å². The highest BCUT2D eigenvalue weighted by molar-refractivity contribution is 7.17. The van der Waals surface area contributed by atoms with Crippen LogP contribution in [0.4, 0.5) is 9.18 Å².